The number of benzene rings is 1. The van der Waals surface area contributed by atoms with Crippen molar-refractivity contribution in [1.82, 2.24) is 20.3 Å². The number of aryl methyl sites for hydroxylation is 1. The van der Waals surface area contributed by atoms with Crippen LogP contribution in [0.25, 0.3) is 0 Å². The molecule has 0 radical (unpaired) electrons. The van der Waals surface area contributed by atoms with Gasteiger partial charge in [-0.05, 0) is 30.7 Å². The molecule has 0 aliphatic heterocycles. The van der Waals surface area contributed by atoms with Crippen LogP contribution < -0.4 is 21.3 Å². The Balaban J connectivity index is 1.43. The molecule has 2 aromatic heterocycles. The summed E-state index contributed by atoms with van der Waals surface area (Å²) < 4.78 is 0. The van der Waals surface area contributed by atoms with Crippen LogP contribution in [0.1, 0.15) is 5.56 Å². The van der Waals surface area contributed by atoms with Crippen LogP contribution >= 0.6 is 0 Å². The van der Waals surface area contributed by atoms with Gasteiger partial charge in [0.15, 0.2) is 0 Å². The third-order valence-electron chi connectivity index (χ3n) is 3.70. The van der Waals surface area contributed by atoms with E-state index < -0.39 is 0 Å². The highest BCUT2D eigenvalue weighted by Crippen LogP contribution is 2.14. The van der Waals surface area contributed by atoms with E-state index in [4.69, 9.17) is 0 Å². The second-order valence-corrected chi connectivity index (χ2v) is 5.75. The molecule has 0 saturated carbocycles. The lowest BCUT2D eigenvalue weighted by Gasteiger charge is -2.11. The molecule has 3 rings (SSSR count). The standard InChI is InChI=1S/C19H21N7O/c1-14-6-2-3-7-15(14)25-19(27)22-11-10-21-17-12-18(24-13-23-17)26-16-8-4-5-9-20-16/h2-9,12-13H,10-11H2,1H3,(H2,22,25,27)(H2,20,21,23,24,26). The molecule has 0 aliphatic carbocycles. The highest BCUT2D eigenvalue weighted by Gasteiger charge is 2.03. The van der Waals surface area contributed by atoms with Crippen molar-refractivity contribution < 1.29 is 4.79 Å². The summed E-state index contributed by atoms with van der Waals surface area (Å²) in [6.45, 7) is 2.93. The van der Waals surface area contributed by atoms with Crippen molar-refractivity contribution in [1.29, 1.82) is 0 Å². The van der Waals surface area contributed by atoms with Gasteiger partial charge in [-0.15, -0.1) is 0 Å². The predicted octanol–water partition coefficient (Wildman–Crippen LogP) is 3.16. The van der Waals surface area contributed by atoms with Gasteiger partial charge in [0.2, 0.25) is 0 Å². The van der Waals surface area contributed by atoms with Crippen LogP contribution in [-0.2, 0) is 0 Å². The van der Waals surface area contributed by atoms with Gasteiger partial charge in [-0.3, -0.25) is 0 Å². The van der Waals surface area contributed by atoms with Gasteiger partial charge in [0.1, 0.15) is 23.8 Å². The second kappa shape index (κ2) is 9.14. The topological polar surface area (TPSA) is 104 Å². The number of hydrogen-bond acceptors (Lipinski definition) is 6. The van der Waals surface area contributed by atoms with Crippen LogP contribution in [0.5, 0.6) is 0 Å². The summed E-state index contributed by atoms with van der Waals surface area (Å²) in [7, 11) is 0. The van der Waals surface area contributed by atoms with Crippen molar-refractivity contribution >= 4 is 29.2 Å². The summed E-state index contributed by atoms with van der Waals surface area (Å²) in [6.07, 6.45) is 3.17. The number of anilines is 4. The first-order valence-corrected chi connectivity index (χ1v) is 8.55. The Bertz CT molecular complexity index is 886. The molecule has 0 bridgehead atoms. The van der Waals surface area contributed by atoms with E-state index in [0.717, 1.165) is 11.3 Å². The van der Waals surface area contributed by atoms with Gasteiger partial charge in [-0.25, -0.2) is 19.7 Å². The second-order valence-electron chi connectivity index (χ2n) is 5.75. The number of rotatable bonds is 7. The minimum Gasteiger partial charge on any atom is -0.368 e. The summed E-state index contributed by atoms with van der Waals surface area (Å²) in [5.41, 5.74) is 1.81. The summed E-state index contributed by atoms with van der Waals surface area (Å²) in [6, 6.07) is 14.8. The highest BCUT2D eigenvalue weighted by molar-refractivity contribution is 5.90. The number of urea groups is 1. The fourth-order valence-electron chi connectivity index (χ4n) is 2.34. The molecule has 27 heavy (non-hydrogen) atoms. The minimum absolute atomic E-state index is 0.244. The molecule has 1 aromatic carbocycles. The zero-order valence-electron chi connectivity index (χ0n) is 14.9. The number of carbonyl (C=O) groups excluding carboxylic acids is 1. The fourth-order valence-corrected chi connectivity index (χ4v) is 2.34. The molecule has 2 amide bonds. The van der Waals surface area contributed by atoms with Crippen LogP contribution in [0, 0.1) is 6.92 Å². The molecule has 8 heteroatoms. The molecular weight excluding hydrogens is 342 g/mol. The molecule has 8 nitrogen and oxygen atoms in total. The zero-order valence-corrected chi connectivity index (χ0v) is 14.9. The summed E-state index contributed by atoms with van der Waals surface area (Å²) in [5, 5.41) is 11.9. The summed E-state index contributed by atoms with van der Waals surface area (Å²) in [4.78, 5) is 24.5. The number of nitrogens with one attached hydrogen (secondary N) is 4. The molecule has 0 saturated heterocycles. The van der Waals surface area contributed by atoms with Crippen LogP contribution in [0.3, 0.4) is 0 Å². The molecule has 3 aromatic rings. The van der Waals surface area contributed by atoms with Crippen LogP contribution in [0.4, 0.5) is 27.9 Å². The van der Waals surface area contributed by atoms with E-state index in [9.17, 15) is 4.79 Å². The maximum atomic E-state index is 11.9. The number of hydrogen-bond donors (Lipinski definition) is 4. The lowest BCUT2D eigenvalue weighted by Crippen LogP contribution is -2.32. The smallest absolute Gasteiger partial charge is 0.319 e. The van der Waals surface area contributed by atoms with Gasteiger partial charge < -0.3 is 21.3 Å². The Morgan fingerprint density at radius 1 is 0.926 bits per heavy atom. The average Bonchev–Trinajstić information content (AvgIpc) is 2.68. The van der Waals surface area contributed by atoms with Gasteiger partial charge in [0.25, 0.3) is 0 Å². The van der Waals surface area contributed by atoms with E-state index in [-0.39, 0.29) is 6.03 Å². The number of nitrogens with zero attached hydrogens (tertiary/aromatic N) is 3. The number of pyridine rings is 1. The van der Waals surface area contributed by atoms with Crippen molar-refractivity contribution in [3.63, 3.8) is 0 Å². The third-order valence-corrected chi connectivity index (χ3v) is 3.70. The molecule has 0 spiro atoms. The van der Waals surface area contributed by atoms with Crippen LogP contribution in [-0.4, -0.2) is 34.1 Å². The van der Waals surface area contributed by atoms with Gasteiger partial charge in [-0.2, -0.15) is 0 Å². The van der Waals surface area contributed by atoms with E-state index in [1.165, 1.54) is 6.33 Å². The van der Waals surface area contributed by atoms with Crippen LogP contribution in [0.15, 0.2) is 61.1 Å². The Morgan fingerprint density at radius 2 is 1.74 bits per heavy atom. The molecule has 0 unspecified atom stereocenters. The number of aromatic nitrogens is 3. The lowest BCUT2D eigenvalue weighted by molar-refractivity contribution is 0.252. The molecular formula is C19H21N7O. The SMILES string of the molecule is Cc1ccccc1NC(=O)NCCNc1cc(Nc2ccccn2)ncn1. The monoisotopic (exact) mass is 363 g/mol. The van der Waals surface area contributed by atoms with E-state index in [0.29, 0.717) is 30.5 Å². The quantitative estimate of drug-likeness (QED) is 0.481. The molecule has 0 fully saturated rings. The Morgan fingerprint density at radius 3 is 2.56 bits per heavy atom. The first kappa shape index (κ1) is 18.1. The number of carbonyl (C=O) groups is 1. The predicted molar refractivity (Wildman–Crippen MR) is 106 cm³/mol. The van der Waals surface area contributed by atoms with Gasteiger partial charge in [0, 0.05) is 31.0 Å². The maximum Gasteiger partial charge on any atom is 0.319 e. The Labute approximate surface area is 157 Å². The van der Waals surface area contributed by atoms with Crippen molar-refractivity contribution in [3.05, 3.63) is 66.6 Å². The first-order chi connectivity index (χ1) is 13.2. The van der Waals surface area contributed by atoms with E-state index >= 15 is 0 Å². The van der Waals surface area contributed by atoms with Crippen molar-refractivity contribution in [2.75, 3.05) is 29.0 Å². The lowest BCUT2D eigenvalue weighted by atomic mass is 10.2. The minimum atomic E-state index is -0.244. The van der Waals surface area contributed by atoms with E-state index in [2.05, 4.69) is 36.2 Å². The van der Waals surface area contributed by atoms with Gasteiger partial charge in [-0.1, -0.05) is 24.3 Å². The zero-order chi connectivity index (χ0) is 18.9. The first-order valence-electron chi connectivity index (χ1n) is 8.55. The number of amides is 2. The Kier molecular flexibility index (Phi) is 6.13. The molecule has 0 atom stereocenters. The largest absolute Gasteiger partial charge is 0.368 e. The normalized spacial score (nSPS) is 10.1. The highest BCUT2D eigenvalue weighted by atomic mass is 16.2. The fraction of sp³-hybridized carbons (Fsp3) is 0.158. The van der Waals surface area contributed by atoms with Crippen LogP contribution in [0.2, 0.25) is 0 Å². The maximum absolute atomic E-state index is 11.9. The van der Waals surface area contributed by atoms with Gasteiger partial charge >= 0.3 is 6.03 Å². The molecule has 4 N–H and O–H groups in total. The van der Waals surface area contributed by atoms with Crippen molar-refractivity contribution in [2.24, 2.45) is 0 Å². The van der Waals surface area contributed by atoms with Gasteiger partial charge in [0.05, 0.1) is 0 Å². The van der Waals surface area contributed by atoms with E-state index in [1.54, 1.807) is 12.3 Å². The van der Waals surface area contributed by atoms with E-state index in [1.807, 2.05) is 49.4 Å². The summed E-state index contributed by atoms with van der Waals surface area (Å²) in [5.74, 6) is 2.00. The summed E-state index contributed by atoms with van der Waals surface area (Å²) >= 11 is 0. The molecule has 138 valence electrons. The molecule has 0 aliphatic rings. The van der Waals surface area contributed by atoms with Crippen molar-refractivity contribution in [2.45, 2.75) is 6.92 Å². The Hall–Kier alpha value is -3.68. The average molecular weight is 363 g/mol. The number of para-hydroxylation sites is 1. The van der Waals surface area contributed by atoms with Crippen molar-refractivity contribution in [3.8, 4) is 0 Å². The third kappa shape index (κ3) is 5.67. The molecule has 2 heterocycles.